The van der Waals surface area contributed by atoms with E-state index in [1.54, 1.807) is 0 Å². The largest absolute Gasteiger partial charge is 1.00 e. The number of halogens is 4. The van der Waals surface area contributed by atoms with Crippen LogP contribution in [0.5, 0.6) is 0 Å². The zero-order chi connectivity index (χ0) is 35.3. The molecular formula is C44H38Cl4N8. The Bertz CT molecular complexity index is 2680. The lowest BCUT2D eigenvalue weighted by Crippen LogP contribution is -3.00. The zero-order valence-electron chi connectivity index (χ0n) is 31.1. The lowest BCUT2D eigenvalue weighted by Gasteiger charge is -2.05. The Kier molecular flexibility index (Phi) is 12.6. The van der Waals surface area contributed by atoms with E-state index in [1.807, 2.05) is 18.2 Å². The second-order valence-electron chi connectivity index (χ2n) is 13.3. The molecule has 282 valence electrons. The van der Waals surface area contributed by atoms with Gasteiger partial charge in [0.25, 0.3) is 0 Å². The number of aromatic amines is 2. The fraction of sp³-hybridized carbons (Fsp3) is 0.0909. The van der Waals surface area contributed by atoms with Crippen LogP contribution in [0.1, 0.15) is 22.8 Å². The van der Waals surface area contributed by atoms with Crippen LogP contribution in [-0.2, 0) is 28.2 Å². The summed E-state index contributed by atoms with van der Waals surface area (Å²) in [5, 5.41) is 0. The Morgan fingerprint density at radius 2 is 0.607 bits per heavy atom. The molecule has 12 heteroatoms. The number of nitrogens with one attached hydrogen (secondary N) is 2. The van der Waals surface area contributed by atoms with Crippen LogP contribution in [-0.4, -0.2) is 19.9 Å². The van der Waals surface area contributed by atoms with E-state index in [1.165, 1.54) is 0 Å². The van der Waals surface area contributed by atoms with Gasteiger partial charge >= 0.3 is 0 Å². The van der Waals surface area contributed by atoms with Crippen molar-refractivity contribution in [2.45, 2.75) is 0 Å². The molecule has 0 aromatic carbocycles. The van der Waals surface area contributed by atoms with Gasteiger partial charge in [0.2, 0.25) is 22.8 Å². The monoisotopic (exact) mass is 818 g/mol. The summed E-state index contributed by atoms with van der Waals surface area (Å²) in [6.07, 6.45) is 16.8. The number of nitrogens with zero attached hydrogens (tertiary/aromatic N) is 6. The van der Waals surface area contributed by atoms with E-state index in [2.05, 4.69) is 184 Å². The summed E-state index contributed by atoms with van der Waals surface area (Å²) in [6.45, 7) is 0. The highest BCUT2D eigenvalue weighted by molar-refractivity contribution is 5.98. The molecule has 0 aliphatic carbocycles. The Morgan fingerprint density at radius 1 is 0.339 bits per heavy atom. The van der Waals surface area contributed by atoms with Gasteiger partial charge in [-0.15, -0.1) is 0 Å². The Hall–Kier alpha value is -5.64. The number of fused-ring (bicyclic) bond motifs is 8. The third-order valence-corrected chi connectivity index (χ3v) is 10.00. The van der Waals surface area contributed by atoms with E-state index < -0.39 is 0 Å². The number of hydrogen-bond donors (Lipinski definition) is 2. The van der Waals surface area contributed by atoms with Crippen LogP contribution in [0.25, 0.3) is 91.4 Å². The molecule has 0 spiro atoms. The van der Waals surface area contributed by atoms with Crippen LogP contribution in [0.4, 0.5) is 0 Å². The predicted octanol–water partition coefficient (Wildman–Crippen LogP) is -5.36. The summed E-state index contributed by atoms with van der Waals surface area (Å²) in [5.41, 5.74) is 15.6. The van der Waals surface area contributed by atoms with Crippen molar-refractivity contribution >= 4 is 46.4 Å². The molecule has 7 aromatic heterocycles. The normalized spacial score (nSPS) is 11.2. The number of H-pyrrole nitrogens is 2. The average molecular weight is 821 g/mol. The van der Waals surface area contributed by atoms with Gasteiger partial charge in [-0.3, -0.25) is 0 Å². The van der Waals surface area contributed by atoms with E-state index in [0.717, 1.165) is 89.9 Å². The molecule has 7 aromatic rings. The van der Waals surface area contributed by atoms with Gasteiger partial charge < -0.3 is 59.6 Å². The van der Waals surface area contributed by atoms with Gasteiger partial charge in [-0.05, 0) is 72.8 Å². The van der Waals surface area contributed by atoms with Crippen LogP contribution in [0.3, 0.4) is 0 Å². The van der Waals surface area contributed by atoms with Gasteiger partial charge in [0.1, 0.15) is 28.2 Å². The van der Waals surface area contributed by atoms with Crippen molar-refractivity contribution in [3.8, 4) is 45.0 Å². The number of hydrogen-bond acceptors (Lipinski definition) is 2. The minimum absolute atomic E-state index is 0. The highest BCUT2D eigenvalue weighted by Gasteiger charge is 2.26. The minimum Gasteiger partial charge on any atom is -1.00 e. The van der Waals surface area contributed by atoms with E-state index in [-0.39, 0.29) is 49.6 Å². The smallest absolute Gasteiger partial charge is 0.216 e. The third kappa shape index (κ3) is 7.24. The summed E-state index contributed by atoms with van der Waals surface area (Å²) in [6, 6.07) is 33.8. The summed E-state index contributed by atoms with van der Waals surface area (Å²) in [5.74, 6) is 0. The SMILES string of the molecule is C[n+]1ccccc1-c1c2nc(c(-c3cccc[n+]3C)c3ccc([nH]3)c(-c3cccc[n+]3C)c3ccc([nH]3)c(-c3cccc[n+]3C)c3nc1C=C3)C=C2.[Cl-].[Cl-].[Cl-].[Cl-]. The second-order valence-corrected chi connectivity index (χ2v) is 13.3. The first-order valence-corrected chi connectivity index (χ1v) is 17.4. The molecule has 0 fully saturated rings. The van der Waals surface area contributed by atoms with Crippen LogP contribution >= 0.6 is 0 Å². The standard InChI is InChI=1S/C44H37N8.4ClH/c1-49-25-9-5-13-37(49)41-29-17-19-31(45-29)42(38-14-6-10-26-50(38)2)33-21-23-35(47-33)44(40-16-8-12-28-52(40)4)36-24-22-34(48-36)43(32-20-18-30(41)46-32)39-15-7-11-27-51(39)3;;;;/h5-28H,1-4H3,(H,45,46,47,48);4*1H/q+3;;;;/p-3. The molecule has 2 aliphatic rings. The van der Waals surface area contributed by atoms with E-state index in [4.69, 9.17) is 9.97 Å². The molecule has 0 saturated heterocycles. The molecular weight excluding hydrogens is 782 g/mol. The van der Waals surface area contributed by atoms with Crippen molar-refractivity contribution in [1.82, 2.24) is 19.9 Å². The van der Waals surface area contributed by atoms with Crippen molar-refractivity contribution in [3.05, 3.63) is 145 Å². The molecule has 9 rings (SSSR count). The predicted molar refractivity (Wildman–Crippen MR) is 205 cm³/mol. The molecule has 9 heterocycles. The van der Waals surface area contributed by atoms with Crippen molar-refractivity contribution < 1.29 is 67.9 Å². The van der Waals surface area contributed by atoms with Crippen LogP contribution in [0.15, 0.2) is 122 Å². The maximum absolute atomic E-state index is 5.41. The maximum Gasteiger partial charge on any atom is 0.216 e. The van der Waals surface area contributed by atoms with Crippen LogP contribution in [0, 0.1) is 0 Å². The van der Waals surface area contributed by atoms with Gasteiger partial charge in [-0.25, -0.2) is 28.2 Å². The molecule has 0 unspecified atom stereocenters. The molecule has 2 aliphatic heterocycles. The second kappa shape index (κ2) is 17.0. The van der Waals surface area contributed by atoms with Crippen molar-refractivity contribution in [2.75, 3.05) is 0 Å². The average Bonchev–Trinajstić information content (AvgIpc) is 3.99. The van der Waals surface area contributed by atoms with Gasteiger partial charge in [0, 0.05) is 48.5 Å². The fourth-order valence-electron chi connectivity index (χ4n) is 7.42. The topological polar surface area (TPSA) is 72.9 Å². The number of rotatable bonds is 4. The lowest BCUT2D eigenvalue weighted by molar-refractivity contribution is -0.660. The van der Waals surface area contributed by atoms with Crippen molar-refractivity contribution in [2.24, 2.45) is 28.2 Å². The molecule has 0 atom stereocenters. The quantitative estimate of drug-likeness (QED) is 0.175. The molecule has 8 nitrogen and oxygen atoms in total. The van der Waals surface area contributed by atoms with Gasteiger partial charge in [-0.1, -0.05) is 0 Å². The first-order chi connectivity index (χ1) is 25.4. The fourth-order valence-corrected chi connectivity index (χ4v) is 7.42. The number of aromatic nitrogens is 8. The summed E-state index contributed by atoms with van der Waals surface area (Å²) >= 11 is 0. The Balaban J connectivity index is 0.00000150. The number of pyridine rings is 4. The van der Waals surface area contributed by atoms with Gasteiger partial charge in [-0.2, -0.15) is 0 Å². The molecule has 8 bridgehead atoms. The molecule has 56 heavy (non-hydrogen) atoms. The van der Waals surface area contributed by atoms with Crippen LogP contribution < -0.4 is 67.9 Å². The van der Waals surface area contributed by atoms with Gasteiger partial charge in [0.15, 0.2) is 24.8 Å². The Labute approximate surface area is 350 Å². The highest BCUT2D eigenvalue weighted by Crippen LogP contribution is 2.36. The molecule has 2 N–H and O–H groups in total. The zero-order valence-corrected chi connectivity index (χ0v) is 34.1. The molecule has 0 radical (unpaired) electrons. The number of aryl methyl sites for hydroxylation is 4. The summed E-state index contributed by atoms with van der Waals surface area (Å²) in [7, 11) is 8.31. The first-order valence-electron chi connectivity index (χ1n) is 17.4. The van der Waals surface area contributed by atoms with E-state index in [9.17, 15) is 0 Å². The third-order valence-electron chi connectivity index (χ3n) is 10.00. The van der Waals surface area contributed by atoms with Crippen LogP contribution in [0.2, 0.25) is 0 Å². The first kappa shape index (κ1) is 41.5. The van der Waals surface area contributed by atoms with E-state index >= 15 is 0 Å². The molecule has 0 saturated carbocycles. The Morgan fingerprint density at radius 3 is 0.929 bits per heavy atom. The molecule has 0 amide bonds. The van der Waals surface area contributed by atoms with E-state index in [0.29, 0.717) is 0 Å². The lowest BCUT2D eigenvalue weighted by atomic mass is 10.1. The minimum atomic E-state index is 0. The maximum atomic E-state index is 5.41. The van der Waals surface area contributed by atoms with Crippen molar-refractivity contribution in [3.63, 3.8) is 0 Å². The van der Waals surface area contributed by atoms with Crippen molar-refractivity contribution in [1.29, 1.82) is 0 Å². The van der Waals surface area contributed by atoms with Gasteiger partial charge in [0.05, 0.1) is 67.1 Å². The summed E-state index contributed by atoms with van der Waals surface area (Å²) < 4.78 is 8.59. The summed E-state index contributed by atoms with van der Waals surface area (Å²) in [4.78, 5) is 18.5. The highest BCUT2D eigenvalue weighted by atomic mass is 35.5.